The highest BCUT2D eigenvalue weighted by atomic mass is 32.2. The molecule has 0 bridgehead atoms. The van der Waals surface area contributed by atoms with E-state index in [2.05, 4.69) is 27.4 Å². The summed E-state index contributed by atoms with van der Waals surface area (Å²) in [6, 6.07) is 16.1. The van der Waals surface area contributed by atoms with Crippen LogP contribution in [0.4, 0.5) is 11.4 Å². The molecule has 0 radical (unpaired) electrons. The number of fused-ring (bicyclic) bond motifs is 3. The van der Waals surface area contributed by atoms with Crippen LogP contribution in [0.25, 0.3) is 22.6 Å². The van der Waals surface area contributed by atoms with E-state index in [1.54, 1.807) is 17.8 Å². The van der Waals surface area contributed by atoms with Crippen LogP contribution in [0.5, 0.6) is 5.88 Å². The van der Waals surface area contributed by atoms with Crippen LogP contribution < -0.4 is 10.1 Å². The van der Waals surface area contributed by atoms with Crippen LogP contribution in [0.3, 0.4) is 0 Å². The van der Waals surface area contributed by atoms with Crippen LogP contribution >= 0.6 is 11.8 Å². The standard InChI is InChI=1S/C26H25N5O4S/c1-3-4-7-14-36-26-28-25-23(29-30-26)19-8-5-6-9-20(19)27-24(35-25)22-13-12-21(34-22)18-11-10-17(31(32)33)15-16(18)2/h5-6,8-13,15,24,27H,3-4,7,14H2,1-2H3. The van der Waals surface area contributed by atoms with Gasteiger partial charge in [0.25, 0.3) is 5.69 Å². The Kier molecular flexibility index (Phi) is 6.86. The fraction of sp³-hybridized carbons (Fsp3) is 0.269. The quantitative estimate of drug-likeness (QED) is 0.120. The van der Waals surface area contributed by atoms with Crippen LogP contribution in [0.15, 0.2) is 64.2 Å². The number of furan rings is 1. The van der Waals surface area contributed by atoms with Gasteiger partial charge in [0.1, 0.15) is 5.76 Å². The molecule has 184 valence electrons. The third kappa shape index (κ3) is 4.90. The minimum Gasteiger partial charge on any atom is -0.455 e. The molecule has 1 N–H and O–H groups in total. The number of nitro groups is 1. The van der Waals surface area contributed by atoms with Gasteiger partial charge in [-0.1, -0.05) is 49.7 Å². The molecule has 36 heavy (non-hydrogen) atoms. The number of hydrogen-bond acceptors (Lipinski definition) is 9. The van der Waals surface area contributed by atoms with E-state index >= 15 is 0 Å². The van der Waals surface area contributed by atoms with Gasteiger partial charge in [-0.05, 0) is 43.2 Å². The van der Waals surface area contributed by atoms with Gasteiger partial charge in [0.2, 0.25) is 17.3 Å². The number of nitrogens with one attached hydrogen (secondary N) is 1. The normalized spacial score (nSPS) is 14.2. The Morgan fingerprint density at radius 3 is 2.75 bits per heavy atom. The molecule has 0 spiro atoms. The summed E-state index contributed by atoms with van der Waals surface area (Å²) >= 11 is 1.57. The maximum atomic E-state index is 11.1. The molecule has 1 unspecified atom stereocenters. The highest BCUT2D eigenvalue weighted by molar-refractivity contribution is 7.99. The first-order valence-corrected chi connectivity index (χ1v) is 12.8. The van der Waals surface area contributed by atoms with Crippen LogP contribution in [0.1, 0.15) is 43.7 Å². The molecule has 3 heterocycles. The van der Waals surface area contributed by atoms with Crippen molar-refractivity contribution in [1.82, 2.24) is 15.2 Å². The van der Waals surface area contributed by atoms with E-state index in [1.807, 2.05) is 43.3 Å². The average molecular weight is 504 g/mol. The topological polar surface area (TPSA) is 116 Å². The van der Waals surface area contributed by atoms with Crippen molar-refractivity contribution in [3.8, 4) is 28.5 Å². The Balaban J connectivity index is 1.46. The van der Waals surface area contributed by atoms with Crippen molar-refractivity contribution in [3.63, 3.8) is 0 Å². The Morgan fingerprint density at radius 1 is 1.08 bits per heavy atom. The summed E-state index contributed by atoms with van der Waals surface area (Å²) in [6.45, 7) is 3.99. The summed E-state index contributed by atoms with van der Waals surface area (Å²) < 4.78 is 12.5. The molecule has 2 aromatic carbocycles. The smallest absolute Gasteiger partial charge is 0.269 e. The minimum absolute atomic E-state index is 0.0422. The van der Waals surface area contributed by atoms with Crippen molar-refractivity contribution in [2.75, 3.05) is 11.1 Å². The lowest BCUT2D eigenvalue weighted by Gasteiger charge is -2.16. The third-order valence-corrected chi connectivity index (χ3v) is 6.81. The molecule has 0 fully saturated rings. The van der Waals surface area contributed by atoms with Crippen LogP contribution in [-0.2, 0) is 0 Å². The lowest BCUT2D eigenvalue weighted by atomic mass is 10.1. The number of hydrogen-bond donors (Lipinski definition) is 1. The number of thioether (sulfide) groups is 1. The van der Waals surface area contributed by atoms with Crippen LogP contribution in [0, 0.1) is 17.0 Å². The van der Waals surface area contributed by atoms with Gasteiger partial charge in [-0.3, -0.25) is 10.1 Å². The molecule has 5 rings (SSSR count). The van der Waals surface area contributed by atoms with Gasteiger partial charge in [-0.15, -0.1) is 10.2 Å². The van der Waals surface area contributed by atoms with Gasteiger partial charge in [0.15, 0.2) is 11.5 Å². The maximum Gasteiger partial charge on any atom is 0.269 e. The van der Waals surface area contributed by atoms with Crippen LogP contribution in [-0.4, -0.2) is 25.9 Å². The Hall–Kier alpha value is -3.92. The van der Waals surface area contributed by atoms with E-state index in [0.29, 0.717) is 28.3 Å². The molecule has 4 aromatic rings. The fourth-order valence-electron chi connectivity index (χ4n) is 4.03. The summed E-state index contributed by atoms with van der Waals surface area (Å²) in [5.41, 5.74) is 3.80. The number of para-hydroxylation sites is 1. The zero-order valence-corrected chi connectivity index (χ0v) is 20.7. The van der Waals surface area contributed by atoms with Crippen molar-refractivity contribution in [2.24, 2.45) is 0 Å². The molecule has 1 aliphatic rings. The number of rotatable bonds is 8. The van der Waals surface area contributed by atoms with Crippen molar-refractivity contribution >= 4 is 23.1 Å². The Morgan fingerprint density at radius 2 is 1.94 bits per heavy atom. The second-order valence-electron chi connectivity index (χ2n) is 8.45. The summed E-state index contributed by atoms with van der Waals surface area (Å²) in [5.74, 6) is 2.44. The van der Waals surface area contributed by atoms with E-state index in [1.165, 1.54) is 12.1 Å². The van der Waals surface area contributed by atoms with Gasteiger partial charge in [0.05, 0.1) is 4.92 Å². The first-order chi connectivity index (χ1) is 17.5. The van der Waals surface area contributed by atoms with Crippen molar-refractivity contribution < 1.29 is 14.1 Å². The lowest BCUT2D eigenvalue weighted by Crippen LogP contribution is -2.16. The molecule has 0 amide bonds. The van der Waals surface area contributed by atoms with E-state index in [9.17, 15) is 10.1 Å². The molecular weight excluding hydrogens is 478 g/mol. The number of aryl methyl sites for hydroxylation is 1. The first-order valence-electron chi connectivity index (χ1n) is 11.8. The van der Waals surface area contributed by atoms with Crippen molar-refractivity contribution in [3.05, 3.63) is 76.0 Å². The predicted molar refractivity (Wildman–Crippen MR) is 138 cm³/mol. The summed E-state index contributed by atoms with van der Waals surface area (Å²) in [4.78, 5) is 15.4. The zero-order valence-electron chi connectivity index (χ0n) is 19.9. The zero-order chi connectivity index (χ0) is 25.1. The minimum atomic E-state index is -0.658. The Labute approximate surface area is 212 Å². The predicted octanol–water partition coefficient (Wildman–Crippen LogP) is 6.80. The number of nitrogens with zero attached hydrogens (tertiary/aromatic N) is 4. The molecule has 0 saturated heterocycles. The number of anilines is 1. The average Bonchev–Trinajstić information content (AvgIpc) is 3.30. The van der Waals surface area contributed by atoms with E-state index in [4.69, 9.17) is 9.15 Å². The van der Waals surface area contributed by atoms with E-state index < -0.39 is 11.2 Å². The van der Waals surface area contributed by atoms with Gasteiger partial charge in [-0.2, -0.15) is 4.98 Å². The first kappa shape index (κ1) is 23.8. The van der Waals surface area contributed by atoms with E-state index in [0.717, 1.165) is 47.4 Å². The highest BCUT2D eigenvalue weighted by Gasteiger charge is 2.28. The molecule has 0 saturated carbocycles. The Bertz CT molecular complexity index is 1410. The number of ether oxygens (including phenoxy) is 1. The molecule has 2 aromatic heterocycles. The molecular formula is C26H25N5O4S. The summed E-state index contributed by atoms with van der Waals surface area (Å²) in [6.07, 6.45) is 2.75. The lowest BCUT2D eigenvalue weighted by molar-refractivity contribution is -0.384. The molecule has 0 aliphatic carbocycles. The summed E-state index contributed by atoms with van der Waals surface area (Å²) in [5, 5.41) is 23.8. The third-order valence-electron chi connectivity index (χ3n) is 5.88. The number of benzene rings is 2. The number of non-ortho nitro benzene ring substituents is 1. The molecule has 10 heteroatoms. The van der Waals surface area contributed by atoms with Crippen LogP contribution in [0.2, 0.25) is 0 Å². The van der Waals surface area contributed by atoms with E-state index in [-0.39, 0.29) is 5.69 Å². The SMILES string of the molecule is CCCCCSc1nnc2c(n1)OC(c1ccc(-c3ccc([N+](=O)[O-])cc3C)o1)Nc1ccccc1-2. The van der Waals surface area contributed by atoms with Gasteiger partial charge < -0.3 is 14.5 Å². The summed E-state index contributed by atoms with van der Waals surface area (Å²) in [7, 11) is 0. The second kappa shape index (κ2) is 10.4. The van der Waals surface area contributed by atoms with Gasteiger partial charge in [0, 0.05) is 34.7 Å². The largest absolute Gasteiger partial charge is 0.455 e. The number of unbranched alkanes of at least 4 members (excludes halogenated alkanes) is 2. The number of aromatic nitrogens is 3. The highest BCUT2D eigenvalue weighted by Crippen LogP contribution is 2.40. The second-order valence-corrected chi connectivity index (χ2v) is 9.51. The maximum absolute atomic E-state index is 11.1. The molecule has 9 nitrogen and oxygen atoms in total. The van der Waals surface area contributed by atoms with Crippen molar-refractivity contribution in [1.29, 1.82) is 0 Å². The monoisotopic (exact) mass is 503 g/mol. The molecule has 1 aliphatic heterocycles. The fourth-order valence-corrected chi connectivity index (χ4v) is 4.81. The van der Waals surface area contributed by atoms with Gasteiger partial charge in [-0.25, -0.2) is 0 Å². The van der Waals surface area contributed by atoms with Gasteiger partial charge >= 0.3 is 0 Å². The number of nitro benzene ring substituents is 1. The molecule has 1 atom stereocenters. The van der Waals surface area contributed by atoms with Crippen molar-refractivity contribution in [2.45, 2.75) is 44.5 Å².